The molecule has 1 fully saturated rings. The van der Waals surface area contributed by atoms with Gasteiger partial charge in [-0.15, -0.1) is 0 Å². The standard InChI is InChI=1S/C19H23ClN2O2/c1-3-24-18(23)19(8-4-9-19)17-16-13(7-10-21-17)14-11-12(20)5-6-15(14)22(16)2/h5-6,11,17,21H,3-4,7-10H2,1-2H3. The molecule has 24 heavy (non-hydrogen) atoms. The van der Waals surface area contributed by atoms with Crippen LogP contribution in [0.3, 0.4) is 0 Å². The summed E-state index contributed by atoms with van der Waals surface area (Å²) >= 11 is 6.23. The molecular weight excluding hydrogens is 324 g/mol. The fourth-order valence-electron chi connectivity index (χ4n) is 4.48. The Hall–Kier alpha value is -1.52. The number of hydrogen-bond acceptors (Lipinski definition) is 3. The smallest absolute Gasteiger partial charge is 0.314 e. The van der Waals surface area contributed by atoms with Crippen LogP contribution in [0.4, 0.5) is 0 Å². The van der Waals surface area contributed by atoms with E-state index in [-0.39, 0.29) is 12.0 Å². The van der Waals surface area contributed by atoms with Crippen LogP contribution >= 0.6 is 11.6 Å². The molecule has 4 rings (SSSR count). The van der Waals surface area contributed by atoms with E-state index in [1.165, 1.54) is 22.2 Å². The van der Waals surface area contributed by atoms with Crippen molar-refractivity contribution in [2.24, 2.45) is 12.5 Å². The number of fused-ring (bicyclic) bond motifs is 3. The van der Waals surface area contributed by atoms with Gasteiger partial charge in [-0.05, 0) is 56.5 Å². The molecule has 1 aliphatic heterocycles. The van der Waals surface area contributed by atoms with Gasteiger partial charge in [-0.2, -0.15) is 0 Å². The van der Waals surface area contributed by atoms with Gasteiger partial charge in [-0.3, -0.25) is 4.79 Å². The maximum Gasteiger partial charge on any atom is 0.314 e. The molecule has 1 aliphatic carbocycles. The highest BCUT2D eigenvalue weighted by atomic mass is 35.5. The lowest BCUT2D eigenvalue weighted by Gasteiger charge is -2.47. The number of esters is 1. The first-order valence-electron chi connectivity index (χ1n) is 8.76. The van der Waals surface area contributed by atoms with Gasteiger partial charge < -0.3 is 14.6 Å². The number of hydrogen-bond donors (Lipinski definition) is 1. The maximum absolute atomic E-state index is 12.7. The van der Waals surface area contributed by atoms with E-state index in [9.17, 15) is 4.79 Å². The van der Waals surface area contributed by atoms with E-state index in [1.807, 2.05) is 13.0 Å². The first-order chi connectivity index (χ1) is 11.6. The fourth-order valence-corrected chi connectivity index (χ4v) is 4.65. The van der Waals surface area contributed by atoms with Gasteiger partial charge in [0.1, 0.15) is 0 Å². The van der Waals surface area contributed by atoms with Crippen LogP contribution in [0, 0.1) is 5.41 Å². The largest absolute Gasteiger partial charge is 0.466 e. The monoisotopic (exact) mass is 346 g/mol. The second-order valence-corrected chi connectivity index (χ2v) is 7.39. The highest BCUT2D eigenvalue weighted by molar-refractivity contribution is 6.31. The summed E-state index contributed by atoms with van der Waals surface area (Å²) in [7, 11) is 2.09. The maximum atomic E-state index is 12.7. The van der Waals surface area contributed by atoms with Gasteiger partial charge >= 0.3 is 5.97 Å². The molecule has 0 radical (unpaired) electrons. The van der Waals surface area contributed by atoms with Gasteiger partial charge in [0.2, 0.25) is 0 Å². The summed E-state index contributed by atoms with van der Waals surface area (Å²) in [5, 5.41) is 5.59. The summed E-state index contributed by atoms with van der Waals surface area (Å²) in [5.41, 5.74) is 3.31. The van der Waals surface area contributed by atoms with E-state index in [0.717, 1.165) is 37.3 Å². The van der Waals surface area contributed by atoms with Gasteiger partial charge in [0.25, 0.3) is 0 Å². The third-order valence-corrected chi connectivity index (χ3v) is 6.03. The minimum atomic E-state index is -0.420. The van der Waals surface area contributed by atoms with Crippen molar-refractivity contribution in [2.75, 3.05) is 13.2 Å². The van der Waals surface area contributed by atoms with Crippen LogP contribution < -0.4 is 5.32 Å². The number of carbonyl (C=O) groups excluding carboxylic acids is 1. The number of nitrogens with one attached hydrogen (secondary N) is 1. The van der Waals surface area contributed by atoms with Crippen molar-refractivity contribution in [1.29, 1.82) is 0 Å². The van der Waals surface area contributed by atoms with Crippen LogP contribution in [0.5, 0.6) is 0 Å². The van der Waals surface area contributed by atoms with E-state index in [4.69, 9.17) is 16.3 Å². The van der Waals surface area contributed by atoms with E-state index < -0.39 is 5.41 Å². The molecule has 4 nitrogen and oxygen atoms in total. The van der Waals surface area contributed by atoms with Gasteiger partial charge in [-0.25, -0.2) is 0 Å². The van der Waals surface area contributed by atoms with Gasteiger partial charge in [-0.1, -0.05) is 18.0 Å². The van der Waals surface area contributed by atoms with Crippen molar-refractivity contribution in [3.05, 3.63) is 34.5 Å². The number of halogens is 1. The number of nitrogens with zero attached hydrogens (tertiary/aromatic N) is 1. The highest BCUT2D eigenvalue weighted by Crippen LogP contribution is 2.53. The molecule has 0 spiro atoms. The third kappa shape index (κ3) is 2.12. The molecule has 1 N–H and O–H groups in total. The number of ether oxygens (including phenoxy) is 1. The average molecular weight is 347 g/mol. The Bertz CT molecular complexity index is 807. The Balaban J connectivity index is 1.87. The summed E-state index contributed by atoms with van der Waals surface area (Å²) in [6.45, 7) is 3.19. The first kappa shape index (κ1) is 16.0. The number of rotatable bonds is 3. The molecule has 1 saturated carbocycles. The van der Waals surface area contributed by atoms with Crippen LogP contribution in [0.1, 0.15) is 43.5 Å². The molecule has 1 aromatic heterocycles. The predicted octanol–water partition coefficient (Wildman–Crippen LogP) is 3.75. The lowest BCUT2D eigenvalue weighted by atomic mass is 9.62. The van der Waals surface area contributed by atoms with Crippen molar-refractivity contribution < 1.29 is 9.53 Å². The zero-order valence-corrected chi connectivity index (χ0v) is 14.9. The van der Waals surface area contributed by atoms with Gasteiger partial charge in [0, 0.05) is 28.7 Å². The molecule has 128 valence electrons. The summed E-state index contributed by atoms with van der Waals surface area (Å²) in [6.07, 6.45) is 3.83. The van der Waals surface area contributed by atoms with Gasteiger partial charge in [0.05, 0.1) is 18.1 Å². The molecule has 5 heteroatoms. The van der Waals surface area contributed by atoms with E-state index >= 15 is 0 Å². The van der Waals surface area contributed by atoms with Crippen molar-refractivity contribution >= 4 is 28.5 Å². The lowest BCUT2D eigenvalue weighted by molar-refractivity contribution is -0.164. The van der Waals surface area contributed by atoms with E-state index in [2.05, 4.69) is 29.1 Å². The summed E-state index contributed by atoms with van der Waals surface area (Å²) in [5.74, 6) is -0.0510. The molecule has 2 aromatic rings. The average Bonchev–Trinajstić information content (AvgIpc) is 2.80. The molecule has 2 heterocycles. The zero-order chi connectivity index (χ0) is 16.9. The summed E-state index contributed by atoms with van der Waals surface area (Å²) in [6, 6.07) is 6.08. The highest BCUT2D eigenvalue weighted by Gasteiger charge is 2.54. The Morgan fingerprint density at radius 3 is 2.92 bits per heavy atom. The van der Waals surface area contributed by atoms with Crippen molar-refractivity contribution in [3.8, 4) is 0 Å². The second kappa shape index (κ2) is 5.78. The Labute approximate surface area is 147 Å². The zero-order valence-electron chi connectivity index (χ0n) is 14.2. The van der Waals surface area contributed by atoms with E-state index in [0.29, 0.717) is 6.61 Å². The minimum absolute atomic E-state index is 0.0187. The third-order valence-electron chi connectivity index (χ3n) is 5.79. The van der Waals surface area contributed by atoms with Crippen molar-refractivity contribution in [1.82, 2.24) is 9.88 Å². The fraction of sp³-hybridized carbons (Fsp3) is 0.526. The van der Waals surface area contributed by atoms with Crippen LogP contribution in [-0.2, 0) is 23.0 Å². The quantitative estimate of drug-likeness (QED) is 0.861. The first-order valence-corrected chi connectivity index (χ1v) is 9.13. The molecule has 0 bridgehead atoms. The number of aryl methyl sites for hydroxylation is 1. The topological polar surface area (TPSA) is 43.3 Å². The molecule has 0 saturated heterocycles. The Morgan fingerprint density at radius 1 is 1.46 bits per heavy atom. The summed E-state index contributed by atoms with van der Waals surface area (Å²) in [4.78, 5) is 12.7. The van der Waals surface area contributed by atoms with E-state index in [1.54, 1.807) is 0 Å². The van der Waals surface area contributed by atoms with Crippen LogP contribution in [0.15, 0.2) is 18.2 Å². The number of carbonyl (C=O) groups is 1. The van der Waals surface area contributed by atoms with Crippen molar-refractivity contribution in [2.45, 2.75) is 38.6 Å². The van der Waals surface area contributed by atoms with Crippen molar-refractivity contribution in [3.63, 3.8) is 0 Å². The molecule has 0 amide bonds. The Morgan fingerprint density at radius 2 is 2.25 bits per heavy atom. The van der Waals surface area contributed by atoms with Crippen LogP contribution in [-0.4, -0.2) is 23.7 Å². The molecule has 1 atom stereocenters. The molecule has 1 aromatic carbocycles. The SMILES string of the molecule is CCOC(=O)C1(C2NCCc3c2n(C)c2ccc(Cl)cc32)CCC1. The predicted molar refractivity (Wildman–Crippen MR) is 95.3 cm³/mol. The van der Waals surface area contributed by atoms with Crippen LogP contribution in [0.25, 0.3) is 10.9 Å². The minimum Gasteiger partial charge on any atom is -0.466 e. The molecular formula is C19H23ClN2O2. The van der Waals surface area contributed by atoms with Gasteiger partial charge in [0.15, 0.2) is 0 Å². The van der Waals surface area contributed by atoms with Crippen LogP contribution in [0.2, 0.25) is 5.02 Å². The number of benzene rings is 1. The molecule has 2 aliphatic rings. The second-order valence-electron chi connectivity index (χ2n) is 6.95. The Kier molecular flexibility index (Phi) is 3.85. The summed E-state index contributed by atoms with van der Waals surface area (Å²) < 4.78 is 7.67. The lowest BCUT2D eigenvalue weighted by Crippen LogP contribution is -2.52. The molecule has 1 unspecified atom stereocenters. The number of aromatic nitrogens is 1. The normalized spacial score (nSPS) is 22.0.